The van der Waals surface area contributed by atoms with Crippen LogP contribution in [0.2, 0.25) is 0 Å². The summed E-state index contributed by atoms with van der Waals surface area (Å²) in [5.74, 6) is 2.44. The van der Waals surface area contributed by atoms with E-state index in [1.807, 2.05) is 31.2 Å². The standard InChI is InChI=1S/C22H29BrN2O3/c1-2-3-19(28-18-6-4-17(23)5-7-18)20(26)24-25-21(27)22-11-14-8-15(12-22)10-16(9-14)13-22/h4-7,14-16,19H,2-3,8-13H2,1H3,(H,24,26)(H,25,27). The average Bonchev–Trinajstić information content (AvgIpc) is 2.66. The molecule has 1 aromatic rings. The van der Waals surface area contributed by atoms with Gasteiger partial charge in [-0.1, -0.05) is 29.3 Å². The van der Waals surface area contributed by atoms with E-state index in [1.165, 1.54) is 19.3 Å². The van der Waals surface area contributed by atoms with Crippen LogP contribution in [-0.4, -0.2) is 17.9 Å². The number of rotatable bonds is 6. The van der Waals surface area contributed by atoms with Gasteiger partial charge in [0.25, 0.3) is 5.91 Å². The minimum Gasteiger partial charge on any atom is -0.481 e. The molecule has 1 aromatic carbocycles. The van der Waals surface area contributed by atoms with Crippen LogP contribution >= 0.6 is 15.9 Å². The van der Waals surface area contributed by atoms with Gasteiger partial charge in [-0.2, -0.15) is 0 Å². The van der Waals surface area contributed by atoms with Crippen LogP contribution in [0, 0.1) is 23.2 Å². The predicted molar refractivity (Wildman–Crippen MR) is 110 cm³/mol. The molecule has 0 saturated heterocycles. The highest BCUT2D eigenvalue weighted by atomic mass is 79.9. The molecular formula is C22H29BrN2O3. The van der Waals surface area contributed by atoms with Gasteiger partial charge in [-0.15, -0.1) is 0 Å². The van der Waals surface area contributed by atoms with Crippen LogP contribution < -0.4 is 15.6 Å². The topological polar surface area (TPSA) is 67.4 Å². The van der Waals surface area contributed by atoms with E-state index in [2.05, 4.69) is 26.8 Å². The van der Waals surface area contributed by atoms with Gasteiger partial charge in [-0.3, -0.25) is 20.4 Å². The molecule has 2 N–H and O–H groups in total. The first kappa shape index (κ1) is 19.7. The highest BCUT2D eigenvalue weighted by molar-refractivity contribution is 9.10. The molecule has 1 unspecified atom stereocenters. The van der Waals surface area contributed by atoms with Crippen LogP contribution in [0.15, 0.2) is 28.7 Å². The van der Waals surface area contributed by atoms with Crippen molar-refractivity contribution in [2.24, 2.45) is 23.2 Å². The molecule has 4 saturated carbocycles. The van der Waals surface area contributed by atoms with Gasteiger partial charge in [0.2, 0.25) is 5.91 Å². The molecule has 4 aliphatic carbocycles. The Morgan fingerprint density at radius 3 is 2.18 bits per heavy atom. The van der Waals surface area contributed by atoms with Crippen LogP contribution in [-0.2, 0) is 9.59 Å². The van der Waals surface area contributed by atoms with Crippen molar-refractivity contribution in [3.8, 4) is 5.75 Å². The summed E-state index contributed by atoms with van der Waals surface area (Å²) in [6.45, 7) is 2.01. The number of nitrogens with one attached hydrogen (secondary N) is 2. The predicted octanol–water partition coefficient (Wildman–Crippen LogP) is 4.36. The van der Waals surface area contributed by atoms with Crippen molar-refractivity contribution in [2.45, 2.75) is 64.4 Å². The number of hydrogen-bond donors (Lipinski definition) is 2. The maximum Gasteiger partial charge on any atom is 0.279 e. The quantitative estimate of drug-likeness (QED) is 0.635. The van der Waals surface area contributed by atoms with Gasteiger partial charge in [0.05, 0.1) is 5.41 Å². The summed E-state index contributed by atoms with van der Waals surface area (Å²) in [5, 5.41) is 0. The fourth-order valence-electron chi connectivity index (χ4n) is 5.90. The molecule has 28 heavy (non-hydrogen) atoms. The minimum absolute atomic E-state index is 0.00107. The smallest absolute Gasteiger partial charge is 0.279 e. The third-order valence-electron chi connectivity index (χ3n) is 6.75. The molecule has 1 atom stereocenters. The molecule has 0 aliphatic heterocycles. The summed E-state index contributed by atoms with van der Waals surface area (Å²) in [6.07, 6.45) is 7.60. The Morgan fingerprint density at radius 2 is 1.64 bits per heavy atom. The lowest BCUT2D eigenvalue weighted by Gasteiger charge is -2.55. The van der Waals surface area contributed by atoms with Crippen LogP contribution in [0.3, 0.4) is 0 Å². The fraction of sp³-hybridized carbons (Fsp3) is 0.636. The number of halogens is 1. The van der Waals surface area contributed by atoms with Crippen molar-refractivity contribution in [2.75, 3.05) is 0 Å². The zero-order chi connectivity index (χ0) is 19.7. The Kier molecular flexibility index (Phi) is 5.68. The van der Waals surface area contributed by atoms with E-state index in [1.54, 1.807) is 0 Å². The van der Waals surface area contributed by atoms with Crippen molar-refractivity contribution in [1.82, 2.24) is 10.9 Å². The molecule has 5 nitrogen and oxygen atoms in total. The van der Waals surface area contributed by atoms with Crippen molar-refractivity contribution >= 4 is 27.7 Å². The van der Waals surface area contributed by atoms with Crippen molar-refractivity contribution < 1.29 is 14.3 Å². The Morgan fingerprint density at radius 1 is 1.07 bits per heavy atom. The molecule has 4 fully saturated rings. The maximum atomic E-state index is 13.0. The Hall–Kier alpha value is -1.56. The van der Waals surface area contributed by atoms with Gasteiger partial charge in [0.15, 0.2) is 6.10 Å². The van der Waals surface area contributed by atoms with E-state index in [9.17, 15) is 9.59 Å². The second kappa shape index (κ2) is 8.05. The zero-order valence-corrected chi connectivity index (χ0v) is 18.0. The summed E-state index contributed by atoms with van der Waals surface area (Å²) in [6, 6.07) is 7.41. The number of carbonyl (C=O) groups is 2. The number of carbonyl (C=O) groups excluding carboxylic acids is 2. The lowest BCUT2D eigenvalue weighted by Crippen LogP contribution is -2.58. The van der Waals surface area contributed by atoms with Gasteiger partial charge in [0.1, 0.15) is 5.75 Å². The third-order valence-corrected chi connectivity index (χ3v) is 7.28. The Balaban J connectivity index is 1.35. The van der Waals surface area contributed by atoms with Gasteiger partial charge in [-0.25, -0.2) is 0 Å². The lowest BCUT2D eigenvalue weighted by molar-refractivity contribution is -0.149. The highest BCUT2D eigenvalue weighted by Gasteiger charge is 2.54. The molecule has 6 heteroatoms. The molecule has 0 spiro atoms. The van der Waals surface area contributed by atoms with E-state index < -0.39 is 6.10 Å². The molecular weight excluding hydrogens is 420 g/mol. The van der Waals surface area contributed by atoms with Crippen LogP contribution in [0.25, 0.3) is 0 Å². The van der Waals surface area contributed by atoms with Crippen LogP contribution in [0.4, 0.5) is 0 Å². The first-order chi connectivity index (χ1) is 13.5. The highest BCUT2D eigenvalue weighted by Crippen LogP contribution is 2.60. The van der Waals surface area contributed by atoms with Gasteiger partial charge < -0.3 is 4.74 Å². The SMILES string of the molecule is CCCC(Oc1ccc(Br)cc1)C(=O)NNC(=O)C12CC3CC(CC(C3)C1)C2. The molecule has 0 aromatic heterocycles. The summed E-state index contributed by atoms with van der Waals surface area (Å²) < 4.78 is 6.83. The summed E-state index contributed by atoms with van der Waals surface area (Å²) in [4.78, 5) is 25.7. The second-order valence-corrected chi connectivity index (χ2v) is 9.91. The van der Waals surface area contributed by atoms with Gasteiger partial charge in [-0.05, 0) is 87.0 Å². The van der Waals surface area contributed by atoms with E-state index in [4.69, 9.17) is 4.74 Å². The molecule has 4 aliphatic rings. The monoisotopic (exact) mass is 448 g/mol. The first-order valence-electron chi connectivity index (χ1n) is 10.5. The Bertz CT molecular complexity index is 699. The maximum absolute atomic E-state index is 13.0. The second-order valence-electron chi connectivity index (χ2n) is 8.99. The number of hydrogen-bond acceptors (Lipinski definition) is 3. The molecule has 0 radical (unpaired) electrons. The van der Waals surface area contributed by atoms with E-state index in [0.29, 0.717) is 29.9 Å². The van der Waals surface area contributed by atoms with E-state index in [0.717, 1.165) is 30.2 Å². The number of benzene rings is 1. The average molecular weight is 449 g/mol. The number of amides is 2. The first-order valence-corrected chi connectivity index (χ1v) is 11.3. The van der Waals surface area contributed by atoms with Crippen molar-refractivity contribution in [3.05, 3.63) is 28.7 Å². The van der Waals surface area contributed by atoms with Gasteiger partial charge >= 0.3 is 0 Å². The molecule has 152 valence electrons. The summed E-state index contributed by atoms with van der Waals surface area (Å²) in [5.41, 5.74) is 5.13. The largest absolute Gasteiger partial charge is 0.481 e. The number of ether oxygens (including phenoxy) is 1. The van der Waals surface area contributed by atoms with Crippen molar-refractivity contribution in [1.29, 1.82) is 0 Å². The van der Waals surface area contributed by atoms with Crippen LogP contribution in [0.5, 0.6) is 5.75 Å². The molecule has 2 amide bonds. The fourth-order valence-corrected chi connectivity index (χ4v) is 6.17. The minimum atomic E-state index is -0.622. The van der Waals surface area contributed by atoms with E-state index >= 15 is 0 Å². The van der Waals surface area contributed by atoms with Gasteiger partial charge in [0, 0.05) is 4.47 Å². The normalized spacial score (nSPS) is 31.3. The lowest BCUT2D eigenvalue weighted by atomic mass is 9.49. The number of hydrazine groups is 1. The third kappa shape index (κ3) is 4.07. The van der Waals surface area contributed by atoms with E-state index in [-0.39, 0.29) is 17.2 Å². The molecule has 0 heterocycles. The summed E-state index contributed by atoms with van der Waals surface area (Å²) >= 11 is 3.40. The summed E-state index contributed by atoms with van der Waals surface area (Å²) in [7, 11) is 0. The molecule has 5 rings (SSSR count). The van der Waals surface area contributed by atoms with Crippen molar-refractivity contribution in [3.63, 3.8) is 0 Å². The zero-order valence-electron chi connectivity index (χ0n) is 16.4. The molecule has 4 bridgehead atoms. The Labute approximate surface area is 175 Å². The van der Waals surface area contributed by atoms with Crippen LogP contribution in [0.1, 0.15) is 58.3 Å².